The first kappa shape index (κ1) is 36.6. The van der Waals surface area contributed by atoms with Gasteiger partial charge in [-0.05, 0) is 85.4 Å². The highest BCUT2D eigenvalue weighted by Gasteiger charge is 2.51. The van der Waals surface area contributed by atoms with E-state index in [-0.39, 0.29) is 31.5 Å². The number of likely N-dealkylation sites (N-methyl/N-ethyl adjacent to an activating group) is 1. The van der Waals surface area contributed by atoms with Gasteiger partial charge in [0.2, 0.25) is 5.88 Å². The molecule has 1 amide bonds. The second-order valence-electron chi connectivity index (χ2n) is 15.8. The highest BCUT2D eigenvalue weighted by Crippen LogP contribution is 2.49. The number of anilines is 1. The average molecular weight is 784 g/mol. The van der Waals surface area contributed by atoms with Gasteiger partial charge in [-0.25, -0.2) is 9.78 Å². The fraction of sp³-hybridized carbons (Fsp3) is 0.605. The first-order chi connectivity index (χ1) is 27.2. The molecule has 4 aromatic heterocycles. The van der Waals surface area contributed by atoms with Crippen molar-refractivity contribution in [1.29, 1.82) is 5.26 Å². The van der Waals surface area contributed by atoms with Crippen LogP contribution >= 0.6 is 11.3 Å². The number of likely N-dealkylation sites (tertiary alicyclic amines) is 1. The number of ether oxygens (including phenoxy) is 2. The van der Waals surface area contributed by atoms with Gasteiger partial charge in [0.1, 0.15) is 29.6 Å². The summed E-state index contributed by atoms with van der Waals surface area (Å²) in [7, 11) is 0. The van der Waals surface area contributed by atoms with Crippen LogP contribution in [0.15, 0.2) is 16.8 Å². The number of hydrogen-bond donors (Lipinski definition) is 1. The summed E-state index contributed by atoms with van der Waals surface area (Å²) in [4.78, 5) is 39.7. The predicted octanol–water partition coefficient (Wildman–Crippen LogP) is 5.44. The topological polar surface area (TPSA) is 217 Å². The maximum atomic E-state index is 13.4. The van der Waals surface area contributed by atoms with Crippen LogP contribution in [0.2, 0.25) is 0 Å². The summed E-state index contributed by atoms with van der Waals surface area (Å²) in [5.74, 6) is 1.73. The van der Waals surface area contributed by atoms with Gasteiger partial charge in [-0.2, -0.15) is 10.2 Å². The van der Waals surface area contributed by atoms with E-state index in [0.29, 0.717) is 65.9 Å². The quantitative estimate of drug-likeness (QED) is 0.157. The lowest BCUT2D eigenvalue weighted by molar-refractivity contribution is -0.391. The fourth-order valence-electron chi connectivity index (χ4n) is 9.88. The van der Waals surface area contributed by atoms with Gasteiger partial charge in [-0.3, -0.25) is 9.80 Å². The molecule has 6 heterocycles. The molecule has 1 spiro atoms. The minimum absolute atomic E-state index is 0.0463. The molecule has 5 aliphatic rings. The molecule has 0 bridgehead atoms. The number of carbonyl (C=O) groups excluding carboxylic acids is 1. The standard InChI is InChI=1S/C38H45N11O6S/c1-3-6-25-33(44-55-34(25)24-7-5-8-29-32(24)26(17-39)35(40)56-29)36-42-27(15-30(43-36)53-19-23-13-22-14-28(22)47(23)4-2)21-9-10-38(16-21)20-46(11-12-54-38)37(50)48-31(49(51)52)18-41-45-48/h15,18,21-24,28H,3-14,16,19-20,40H2,1-2H3. The molecular weight excluding hydrogens is 739 g/mol. The molecule has 2 saturated heterocycles. The van der Waals surface area contributed by atoms with Gasteiger partial charge in [0, 0.05) is 52.2 Å². The third kappa shape index (κ3) is 6.39. The molecule has 0 radical (unpaired) electrons. The van der Waals surface area contributed by atoms with E-state index in [4.69, 9.17) is 29.7 Å². The van der Waals surface area contributed by atoms with Crippen molar-refractivity contribution < 1.29 is 23.7 Å². The molecule has 4 fully saturated rings. The van der Waals surface area contributed by atoms with Gasteiger partial charge < -0.3 is 29.8 Å². The van der Waals surface area contributed by atoms with Crippen molar-refractivity contribution in [2.45, 2.75) is 108 Å². The Morgan fingerprint density at radius 1 is 1.27 bits per heavy atom. The highest BCUT2D eigenvalue weighted by molar-refractivity contribution is 7.16. The second kappa shape index (κ2) is 14.5. The minimum Gasteiger partial charge on any atom is -0.476 e. The van der Waals surface area contributed by atoms with Crippen LogP contribution in [0.1, 0.15) is 110 Å². The molecule has 2 aliphatic heterocycles. The van der Waals surface area contributed by atoms with Gasteiger partial charge in [-0.1, -0.05) is 25.4 Å². The van der Waals surface area contributed by atoms with Crippen LogP contribution in [0.4, 0.5) is 15.6 Å². The Morgan fingerprint density at radius 2 is 2.14 bits per heavy atom. The van der Waals surface area contributed by atoms with Crippen LogP contribution in [0.25, 0.3) is 11.5 Å². The Kier molecular flexibility index (Phi) is 9.49. The van der Waals surface area contributed by atoms with Crippen LogP contribution < -0.4 is 10.5 Å². The molecule has 9 rings (SSSR count). The number of aromatic nitrogens is 6. The Labute approximate surface area is 327 Å². The van der Waals surface area contributed by atoms with E-state index in [1.807, 2.05) is 6.07 Å². The summed E-state index contributed by atoms with van der Waals surface area (Å²) in [5.41, 5.74) is 9.47. The number of morpholine rings is 1. The third-order valence-corrected chi connectivity index (χ3v) is 13.6. The molecular formula is C38H45N11O6S. The van der Waals surface area contributed by atoms with E-state index in [2.05, 4.69) is 40.3 Å². The number of fused-ring (bicyclic) bond motifs is 2. The first-order valence-corrected chi connectivity index (χ1v) is 20.6. The number of rotatable bonds is 10. The number of nitrogens with zero attached hydrogens (tertiary/aromatic N) is 10. The summed E-state index contributed by atoms with van der Waals surface area (Å²) in [5, 5.41) is 34.1. The number of nitrogens with two attached hydrogens (primary N) is 1. The molecule has 18 heteroatoms. The van der Waals surface area contributed by atoms with E-state index in [1.165, 1.54) is 17.8 Å². The van der Waals surface area contributed by atoms with E-state index < -0.39 is 22.4 Å². The highest BCUT2D eigenvalue weighted by atomic mass is 32.1. The number of amides is 1. The van der Waals surface area contributed by atoms with Crippen molar-refractivity contribution >= 4 is 28.2 Å². The number of carbonyl (C=O) groups is 1. The molecule has 4 aromatic rings. The number of hydrogen-bond acceptors (Lipinski definition) is 15. The molecule has 2 saturated carbocycles. The van der Waals surface area contributed by atoms with Gasteiger partial charge in [0.25, 0.3) is 0 Å². The molecule has 294 valence electrons. The van der Waals surface area contributed by atoms with Gasteiger partial charge in [0.05, 0.1) is 30.0 Å². The molecule has 3 aliphatic carbocycles. The van der Waals surface area contributed by atoms with Gasteiger partial charge in [-0.15, -0.1) is 16.4 Å². The van der Waals surface area contributed by atoms with E-state index >= 15 is 0 Å². The number of thiophene rings is 1. The fourth-order valence-corrected chi connectivity index (χ4v) is 11.0. The second-order valence-corrected chi connectivity index (χ2v) is 17.0. The maximum Gasteiger partial charge on any atom is 0.439 e. The van der Waals surface area contributed by atoms with Crippen LogP contribution in [0.5, 0.6) is 5.88 Å². The number of nitro groups is 1. The SMILES string of the molecule is CCCc1c(-c2nc(OCC3CC4CC4N3CC)cc(C3CCC4(C3)CN(C(=O)n3nncc3[N+](=O)[O-])CCO4)n2)noc1C1CCCc2sc(N)c(C#N)c21. The number of nitrogen functional groups attached to an aromatic ring is 1. The number of piperidine rings is 1. The smallest absolute Gasteiger partial charge is 0.439 e. The predicted molar refractivity (Wildman–Crippen MR) is 202 cm³/mol. The Balaban J connectivity index is 1.04. The lowest BCUT2D eigenvalue weighted by atomic mass is 9.81. The minimum atomic E-state index is -0.668. The molecule has 2 N–H and O–H groups in total. The van der Waals surface area contributed by atoms with Crippen molar-refractivity contribution in [3.05, 3.63) is 55.4 Å². The van der Waals surface area contributed by atoms with Crippen LogP contribution in [-0.4, -0.2) is 101 Å². The number of aryl methyl sites for hydroxylation is 1. The maximum absolute atomic E-state index is 13.4. The van der Waals surface area contributed by atoms with Crippen LogP contribution in [-0.2, 0) is 17.6 Å². The Bertz CT molecular complexity index is 2210. The summed E-state index contributed by atoms with van der Waals surface area (Å²) < 4.78 is 20.0. The summed E-state index contributed by atoms with van der Waals surface area (Å²) >= 11 is 1.49. The molecule has 56 heavy (non-hydrogen) atoms. The van der Waals surface area contributed by atoms with Gasteiger partial charge in [0.15, 0.2) is 11.5 Å². The third-order valence-electron chi connectivity index (χ3n) is 12.5. The van der Waals surface area contributed by atoms with Crippen molar-refractivity contribution in [3.63, 3.8) is 0 Å². The van der Waals surface area contributed by atoms with Crippen LogP contribution in [0.3, 0.4) is 0 Å². The monoisotopic (exact) mass is 783 g/mol. The van der Waals surface area contributed by atoms with Crippen molar-refractivity contribution in [2.24, 2.45) is 5.92 Å². The van der Waals surface area contributed by atoms with Crippen molar-refractivity contribution in [1.82, 2.24) is 39.9 Å². The van der Waals surface area contributed by atoms with Gasteiger partial charge >= 0.3 is 11.8 Å². The molecule has 17 nitrogen and oxygen atoms in total. The summed E-state index contributed by atoms with van der Waals surface area (Å²) in [6, 6.07) is 4.66. The van der Waals surface area contributed by atoms with Crippen molar-refractivity contribution in [2.75, 3.05) is 38.6 Å². The first-order valence-electron chi connectivity index (χ1n) is 19.8. The van der Waals surface area contributed by atoms with Crippen LogP contribution in [0, 0.1) is 27.4 Å². The number of nitriles is 1. The lowest BCUT2D eigenvalue weighted by Crippen LogP contribution is -2.53. The van der Waals surface area contributed by atoms with Crippen molar-refractivity contribution in [3.8, 4) is 23.5 Å². The normalized spacial score (nSPS) is 26.9. The Morgan fingerprint density at radius 3 is 2.95 bits per heavy atom. The van der Waals surface area contributed by atoms with E-state index in [9.17, 15) is 20.2 Å². The molecule has 0 aromatic carbocycles. The summed E-state index contributed by atoms with van der Waals surface area (Å²) in [6.45, 7) is 6.65. The lowest BCUT2D eigenvalue weighted by Gasteiger charge is -2.39. The average Bonchev–Trinajstić information content (AvgIpc) is 3.75. The largest absolute Gasteiger partial charge is 0.476 e. The zero-order valence-corrected chi connectivity index (χ0v) is 32.4. The van der Waals surface area contributed by atoms with E-state index in [0.717, 1.165) is 89.3 Å². The van der Waals surface area contributed by atoms with E-state index in [1.54, 1.807) is 4.90 Å². The zero-order valence-electron chi connectivity index (χ0n) is 31.6. The summed E-state index contributed by atoms with van der Waals surface area (Å²) in [6.07, 6.45) is 9.53. The Hall–Kier alpha value is -4.99. The molecule has 6 unspecified atom stereocenters. The zero-order chi connectivity index (χ0) is 38.7. The molecule has 6 atom stereocenters.